The van der Waals surface area contributed by atoms with Crippen LogP contribution in [0.3, 0.4) is 0 Å². The number of carboxylic acids is 1. The first-order valence-corrected chi connectivity index (χ1v) is 10.2. The van der Waals surface area contributed by atoms with Gasteiger partial charge in [-0.05, 0) is 5.56 Å². The average Bonchev–Trinajstić information content (AvgIpc) is 2.82. The van der Waals surface area contributed by atoms with E-state index < -0.39 is 86.0 Å². The van der Waals surface area contributed by atoms with Gasteiger partial charge in [-0.2, -0.15) is 0 Å². The van der Waals surface area contributed by atoms with Crippen molar-refractivity contribution >= 4 is 5.97 Å². The number of aliphatic hydroxyl groups excluding tert-OH is 8. The first kappa shape index (κ1) is 25.9. The second-order valence-corrected chi connectivity index (χ2v) is 7.97. The van der Waals surface area contributed by atoms with Crippen LogP contribution in [0, 0.1) is 0 Å². The van der Waals surface area contributed by atoms with Gasteiger partial charge in [-0.15, -0.1) is 0 Å². The van der Waals surface area contributed by atoms with E-state index in [4.69, 9.17) is 14.2 Å². The molecule has 13 heteroatoms. The van der Waals surface area contributed by atoms with Crippen LogP contribution in [0.25, 0.3) is 0 Å². The lowest BCUT2D eigenvalue weighted by Crippen LogP contribution is -2.69. The molecule has 2 aliphatic rings. The van der Waals surface area contributed by atoms with Crippen molar-refractivity contribution in [3.63, 3.8) is 0 Å². The van der Waals surface area contributed by atoms with Gasteiger partial charge in [0.1, 0.15) is 54.9 Å². The van der Waals surface area contributed by atoms with Gasteiger partial charge in [-0.3, -0.25) is 0 Å². The lowest BCUT2D eigenvalue weighted by molar-refractivity contribution is -0.354. The Balaban J connectivity index is 2.11. The van der Waals surface area contributed by atoms with Gasteiger partial charge < -0.3 is 60.2 Å². The van der Waals surface area contributed by atoms with Gasteiger partial charge in [0.25, 0.3) is 0 Å². The van der Waals surface area contributed by atoms with Crippen molar-refractivity contribution in [3.8, 4) is 0 Å². The van der Waals surface area contributed by atoms with Crippen molar-refractivity contribution < 1.29 is 65.0 Å². The number of carbonyl (C=O) groups is 1. The second kappa shape index (κ2) is 10.2. The number of rotatable bonds is 7. The van der Waals surface area contributed by atoms with Gasteiger partial charge in [-0.25, -0.2) is 4.79 Å². The minimum absolute atomic E-state index is 0.140. The summed E-state index contributed by atoms with van der Waals surface area (Å²) in [5.41, 5.74) is -2.86. The number of carboxylic acid groups (broad SMARTS) is 1. The fourth-order valence-electron chi connectivity index (χ4n) is 4.07. The molecule has 0 radical (unpaired) electrons. The van der Waals surface area contributed by atoms with E-state index in [1.54, 1.807) is 6.07 Å². The summed E-state index contributed by atoms with van der Waals surface area (Å²) in [6.07, 6.45) is -18.2. The van der Waals surface area contributed by atoms with E-state index in [1.165, 1.54) is 24.3 Å². The molecule has 2 fully saturated rings. The molecule has 9 N–H and O–H groups in total. The monoisotopic (exact) mass is 476 g/mol. The molecule has 0 saturated carbocycles. The first-order chi connectivity index (χ1) is 15.6. The topological polar surface area (TPSA) is 227 Å². The minimum atomic E-state index is -2.72. The number of benzene rings is 1. The minimum Gasteiger partial charge on any atom is -0.479 e. The molecule has 3 rings (SSSR count). The summed E-state index contributed by atoms with van der Waals surface area (Å²) in [5, 5.41) is 90.8. The van der Waals surface area contributed by atoms with Crippen LogP contribution in [0.1, 0.15) is 5.56 Å². The molecular formula is C20H28O13. The normalized spacial score (nSPS) is 41.3. The van der Waals surface area contributed by atoms with Crippen LogP contribution in [-0.2, 0) is 24.6 Å². The van der Waals surface area contributed by atoms with Crippen molar-refractivity contribution in [1.82, 2.24) is 0 Å². The predicted octanol–water partition coefficient (Wildman–Crippen LogP) is -4.37. The maximum atomic E-state index is 12.7. The van der Waals surface area contributed by atoms with Crippen molar-refractivity contribution in [1.29, 1.82) is 0 Å². The summed E-state index contributed by atoms with van der Waals surface area (Å²) >= 11 is 0. The van der Waals surface area contributed by atoms with E-state index in [-0.39, 0.29) is 5.56 Å². The van der Waals surface area contributed by atoms with E-state index in [0.717, 1.165) is 0 Å². The van der Waals surface area contributed by atoms with Crippen LogP contribution in [0.15, 0.2) is 30.3 Å². The first-order valence-electron chi connectivity index (χ1n) is 10.2. The van der Waals surface area contributed by atoms with Gasteiger partial charge in [0.15, 0.2) is 6.29 Å². The fourth-order valence-corrected chi connectivity index (χ4v) is 4.07. The Hall–Kier alpha value is -1.75. The Morgan fingerprint density at radius 1 is 0.788 bits per heavy atom. The molecular weight excluding hydrogens is 448 g/mol. The third-order valence-electron chi connectivity index (χ3n) is 5.96. The van der Waals surface area contributed by atoms with E-state index in [1.807, 2.05) is 0 Å². The molecule has 0 aliphatic carbocycles. The molecule has 1 aromatic rings. The van der Waals surface area contributed by atoms with Gasteiger partial charge in [0.05, 0.1) is 13.2 Å². The zero-order chi connectivity index (χ0) is 24.5. The highest BCUT2D eigenvalue weighted by Gasteiger charge is 2.61. The predicted molar refractivity (Wildman–Crippen MR) is 104 cm³/mol. The second-order valence-electron chi connectivity index (χ2n) is 7.97. The molecule has 2 aliphatic heterocycles. The van der Waals surface area contributed by atoms with Gasteiger partial charge in [0, 0.05) is 0 Å². The molecule has 0 aromatic heterocycles. The molecule has 2 saturated heterocycles. The largest absolute Gasteiger partial charge is 0.479 e. The van der Waals surface area contributed by atoms with Crippen molar-refractivity contribution in [3.05, 3.63) is 35.9 Å². The van der Waals surface area contributed by atoms with E-state index in [9.17, 15) is 50.8 Å². The Morgan fingerprint density at radius 3 is 1.82 bits per heavy atom. The smallest absolute Gasteiger partial charge is 0.343 e. The summed E-state index contributed by atoms with van der Waals surface area (Å²) < 4.78 is 16.4. The standard InChI is InChI=1S/C20H28O13/c21-6-9-11(23)13(25)15(27)17(31-9)20(19(29)30,8-4-2-1-3-5-8)33-18-16(28)14(26)12(24)10(7-22)32-18/h1-5,9-18,21-28H,6-7H2,(H,29,30)/t9-,10-,11-,12-,13+,14+,15-,16-,17?,18?,20?/m1/s1. The van der Waals surface area contributed by atoms with Gasteiger partial charge in [-0.1, -0.05) is 30.3 Å². The Bertz CT molecular complexity index is 789. The Kier molecular flexibility index (Phi) is 8.03. The van der Waals surface area contributed by atoms with Crippen LogP contribution in [-0.4, -0.2) is 126 Å². The molecule has 0 spiro atoms. The zero-order valence-corrected chi connectivity index (χ0v) is 17.2. The van der Waals surface area contributed by atoms with Crippen molar-refractivity contribution in [2.24, 2.45) is 0 Å². The number of aliphatic carboxylic acids is 1. The zero-order valence-electron chi connectivity index (χ0n) is 17.2. The average molecular weight is 476 g/mol. The van der Waals surface area contributed by atoms with Crippen molar-refractivity contribution in [2.75, 3.05) is 13.2 Å². The molecule has 186 valence electrons. The van der Waals surface area contributed by atoms with E-state index in [2.05, 4.69) is 0 Å². The van der Waals surface area contributed by atoms with Crippen LogP contribution in [0.2, 0.25) is 0 Å². The quantitative estimate of drug-likeness (QED) is 0.181. The van der Waals surface area contributed by atoms with Crippen molar-refractivity contribution in [2.45, 2.75) is 66.8 Å². The van der Waals surface area contributed by atoms with E-state index >= 15 is 0 Å². The van der Waals surface area contributed by atoms with Crippen LogP contribution < -0.4 is 0 Å². The number of ether oxygens (including phenoxy) is 3. The van der Waals surface area contributed by atoms with Gasteiger partial charge >= 0.3 is 5.97 Å². The molecule has 2 heterocycles. The summed E-state index contributed by atoms with van der Waals surface area (Å²) in [4.78, 5) is 12.7. The number of hydrogen-bond donors (Lipinski definition) is 9. The molecule has 33 heavy (non-hydrogen) atoms. The highest BCUT2D eigenvalue weighted by molar-refractivity contribution is 5.80. The Labute approximate surface area is 187 Å². The third kappa shape index (κ3) is 4.50. The maximum Gasteiger partial charge on any atom is 0.343 e. The number of aliphatic hydroxyl groups is 8. The molecule has 0 bridgehead atoms. The summed E-state index contributed by atoms with van der Waals surface area (Å²) in [5.74, 6) is -1.77. The molecule has 11 atom stereocenters. The molecule has 13 nitrogen and oxygen atoms in total. The summed E-state index contributed by atoms with van der Waals surface area (Å²) in [6.45, 7) is -1.65. The van der Waals surface area contributed by atoms with E-state index in [0.29, 0.717) is 0 Å². The molecule has 3 unspecified atom stereocenters. The van der Waals surface area contributed by atoms with Crippen LogP contribution >= 0.6 is 0 Å². The van der Waals surface area contributed by atoms with Crippen LogP contribution in [0.5, 0.6) is 0 Å². The molecule has 1 aromatic carbocycles. The SMILES string of the molecule is O=C(O)C(OC1O[C@H](CO)[C@@H](O)[C@H](O)[C@H]1O)(c1ccccc1)C1O[C@H](CO)[C@@H](O)[C@H](O)[C@H]1O. The van der Waals surface area contributed by atoms with Crippen LogP contribution in [0.4, 0.5) is 0 Å². The highest BCUT2D eigenvalue weighted by atomic mass is 16.7. The molecule has 0 amide bonds. The fraction of sp³-hybridized carbons (Fsp3) is 0.650. The lowest BCUT2D eigenvalue weighted by atomic mass is 9.80. The summed E-state index contributed by atoms with van der Waals surface area (Å²) in [7, 11) is 0. The lowest BCUT2D eigenvalue weighted by Gasteiger charge is -2.49. The number of hydrogen-bond acceptors (Lipinski definition) is 12. The Morgan fingerprint density at radius 2 is 1.30 bits per heavy atom. The highest BCUT2D eigenvalue weighted by Crippen LogP contribution is 2.41. The third-order valence-corrected chi connectivity index (χ3v) is 5.96. The van der Waals surface area contributed by atoms with Gasteiger partial charge in [0.2, 0.25) is 5.60 Å². The maximum absolute atomic E-state index is 12.7. The summed E-state index contributed by atoms with van der Waals surface area (Å²) in [6, 6.07) is 7.01.